The molecule has 1 aliphatic rings. The molecule has 1 fully saturated rings. The lowest BCUT2D eigenvalue weighted by Crippen LogP contribution is -2.32. The molecule has 1 amide bonds. The SMILES string of the molecule is COc1ccc(CN(C(=O)c2ccc(S(=O)(=O)N(C)c3ccccc3)cc2)C2CC2)cc1. The average molecular weight is 451 g/mol. The summed E-state index contributed by atoms with van der Waals surface area (Å²) in [5.41, 5.74) is 2.08. The van der Waals surface area contributed by atoms with E-state index in [-0.39, 0.29) is 16.8 Å². The van der Waals surface area contributed by atoms with Gasteiger partial charge in [-0.15, -0.1) is 0 Å². The van der Waals surface area contributed by atoms with Crippen molar-refractivity contribution < 1.29 is 17.9 Å². The van der Waals surface area contributed by atoms with Gasteiger partial charge < -0.3 is 9.64 Å². The second-order valence-electron chi connectivity index (χ2n) is 7.84. The number of benzene rings is 3. The maximum Gasteiger partial charge on any atom is 0.264 e. The Morgan fingerprint density at radius 1 is 0.938 bits per heavy atom. The van der Waals surface area contributed by atoms with Crippen molar-refractivity contribution in [1.29, 1.82) is 0 Å². The standard InChI is InChI=1S/C25H26N2O4S/c1-26(21-6-4-3-5-7-21)32(29,30)24-16-10-20(11-17-24)25(28)27(22-12-13-22)18-19-8-14-23(31-2)15-9-19/h3-11,14-17,22H,12-13,18H2,1-2H3. The molecule has 3 aromatic rings. The lowest BCUT2D eigenvalue weighted by atomic mass is 10.1. The van der Waals surface area contributed by atoms with E-state index >= 15 is 0 Å². The first-order valence-corrected chi connectivity index (χ1v) is 11.9. The van der Waals surface area contributed by atoms with Crippen LogP contribution >= 0.6 is 0 Å². The van der Waals surface area contributed by atoms with Gasteiger partial charge in [0.25, 0.3) is 15.9 Å². The van der Waals surface area contributed by atoms with Crippen LogP contribution in [0.3, 0.4) is 0 Å². The van der Waals surface area contributed by atoms with Crippen molar-refractivity contribution in [2.45, 2.75) is 30.3 Å². The molecule has 0 N–H and O–H groups in total. The molecule has 0 aromatic heterocycles. The molecule has 3 aromatic carbocycles. The number of carbonyl (C=O) groups excluding carboxylic acids is 1. The zero-order chi connectivity index (χ0) is 22.7. The van der Waals surface area contributed by atoms with Crippen molar-refractivity contribution in [3.8, 4) is 5.75 Å². The minimum absolute atomic E-state index is 0.0938. The second kappa shape index (κ2) is 9.04. The first-order chi connectivity index (χ1) is 15.4. The molecule has 0 unspecified atom stereocenters. The van der Waals surface area contributed by atoms with Crippen molar-refractivity contribution in [3.05, 3.63) is 90.0 Å². The molecule has 32 heavy (non-hydrogen) atoms. The third-order valence-electron chi connectivity index (χ3n) is 5.64. The number of rotatable bonds is 8. The van der Waals surface area contributed by atoms with Crippen LogP contribution in [-0.2, 0) is 16.6 Å². The molecule has 0 atom stereocenters. The number of ether oxygens (including phenoxy) is 1. The summed E-state index contributed by atoms with van der Waals surface area (Å²) in [7, 11) is -0.575. The first kappa shape index (κ1) is 21.9. The minimum Gasteiger partial charge on any atom is -0.497 e. The number of nitrogens with zero attached hydrogens (tertiary/aromatic N) is 2. The van der Waals surface area contributed by atoms with E-state index in [2.05, 4.69) is 0 Å². The maximum absolute atomic E-state index is 13.2. The summed E-state index contributed by atoms with van der Waals surface area (Å²) in [5.74, 6) is 0.680. The molecule has 1 saturated carbocycles. The Kier molecular flexibility index (Phi) is 6.19. The van der Waals surface area contributed by atoms with Crippen LogP contribution in [0, 0.1) is 0 Å². The van der Waals surface area contributed by atoms with Crippen molar-refractivity contribution >= 4 is 21.6 Å². The van der Waals surface area contributed by atoms with Crippen molar-refractivity contribution in [3.63, 3.8) is 0 Å². The highest BCUT2D eigenvalue weighted by molar-refractivity contribution is 7.92. The molecule has 0 spiro atoms. The summed E-state index contributed by atoms with van der Waals surface area (Å²) in [5, 5.41) is 0. The van der Waals surface area contributed by atoms with Crippen molar-refractivity contribution in [1.82, 2.24) is 4.90 Å². The normalized spacial score (nSPS) is 13.4. The third kappa shape index (κ3) is 4.62. The Bertz CT molecular complexity index is 1170. The quantitative estimate of drug-likeness (QED) is 0.513. The van der Waals surface area contributed by atoms with Crippen LogP contribution in [0.25, 0.3) is 0 Å². The molecule has 0 saturated heterocycles. The monoisotopic (exact) mass is 450 g/mol. The van der Waals surface area contributed by atoms with Crippen molar-refractivity contribution in [2.75, 3.05) is 18.5 Å². The lowest BCUT2D eigenvalue weighted by molar-refractivity contribution is 0.0730. The summed E-state index contributed by atoms with van der Waals surface area (Å²) in [6, 6.07) is 23.0. The Morgan fingerprint density at radius 3 is 2.12 bits per heavy atom. The lowest BCUT2D eigenvalue weighted by Gasteiger charge is -2.23. The van der Waals surface area contributed by atoms with E-state index in [1.807, 2.05) is 35.2 Å². The highest BCUT2D eigenvalue weighted by Gasteiger charge is 2.33. The zero-order valence-electron chi connectivity index (χ0n) is 18.1. The summed E-state index contributed by atoms with van der Waals surface area (Å²) in [6.45, 7) is 0.504. The van der Waals surface area contributed by atoms with Crippen LogP contribution < -0.4 is 9.04 Å². The molecule has 0 heterocycles. The van der Waals surface area contributed by atoms with Crippen LogP contribution in [0.1, 0.15) is 28.8 Å². The van der Waals surface area contributed by atoms with Gasteiger partial charge in [0.05, 0.1) is 17.7 Å². The third-order valence-corrected chi connectivity index (χ3v) is 7.44. The Hall–Kier alpha value is -3.32. The molecule has 7 heteroatoms. The summed E-state index contributed by atoms with van der Waals surface area (Å²) < 4.78 is 32.4. The zero-order valence-corrected chi connectivity index (χ0v) is 19.0. The van der Waals surface area contributed by atoms with Crippen LogP contribution in [0.4, 0.5) is 5.69 Å². The van der Waals surface area contributed by atoms with Gasteiger partial charge in [0.2, 0.25) is 0 Å². The van der Waals surface area contributed by atoms with E-state index in [1.54, 1.807) is 43.5 Å². The van der Waals surface area contributed by atoms with Gasteiger partial charge in [0, 0.05) is 25.2 Å². The summed E-state index contributed by atoms with van der Waals surface area (Å²) in [6.07, 6.45) is 1.96. The van der Waals surface area contributed by atoms with E-state index in [0.717, 1.165) is 24.2 Å². The van der Waals surface area contributed by atoms with Gasteiger partial charge in [0.15, 0.2) is 0 Å². The summed E-state index contributed by atoms with van der Waals surface area (Å²) >= 11 is 0. The molecule has 0 bridgehead atoms. The molecular formula is C25H26N2O4S. The van der Waals surface area contributed by atoms with Crippen LogP contribution in [0.5, 0.6) is 5.75 Å². The minimum atomic E-state index is -3.72. The summed E-state index contributed by atoms with van der Waals surface area (Å²) in [4.78, 5) is 15.2. The highest BCUT2D eigenvalue weighted by atomic mass is 32.2. The Labute approximate surface area is 189 Å². The van der Waals surface area contributed by atoms with Gasteiger partial charge in [-0.25, -0.2) is 8.42 Å². The topological polar surface area (TPSA) is 66.9 Å². The smallest absolute Gasteiger partial charge is 0.264 e. The number of amides is 1. The van der Waals surface area contributed by atoms with Crippen LogP contribution in [-0.4, -0.2) is 39.4 Å². The van der Waals surface area contributed by atoms with E-state index in [4.69, 9.17) is 4.74 Å². The molecule has 166 valence electrons. The number of carbonyl (C=O) groups is 1. The number of anilines is 1. The van der Waals surface area contributed by atoms with Crippen LogP contribution in [0.15, 0.2) is 83.8 Å². The van der Waals surface area contributed by atoms with Crippen LogP contribution in [0.2, 0.25) is 0 Å². The molecule has 4 rings (SSSR count). The highest BCUT2D eigenvalue weighted by Crippen LogP contribution is 2.30. The fourth-order valence-corrected chi connectivity index (χ4v) is 4.75. The van der Waals surface area contributed by atoms with Gasteiger partial charge in [-0.1, -0.05) is 30.3 Å². The van der Waals surface area contributed by atoms with E-state index in [1.165, 1.54) is 23.5 Å². The fourth-order valence-electron chi connectivity index (χ4n) is 3.55. The number of methoxy groups -OCH3 is 1. The van der Waals surface area contributed by atoms with E-state index < -0.39 is 10.0 Å². The number of para-hydroxylation sites is 1. The number of hydrogen-bond donors (Lipinski definition) is 0. The molecule has 6 nitrogen and oxygen atoms in total. The van der Waals surface area contributed by atoms with Gasteiger partial charge >= 0.3 is 0 Å². The largest absolute Gasteiger partial charge is 0.497 e. The predicted octanol–water partition coefficient (Wildman–Crippen LogP) is 4.33. The number of hydrogen-bond acceptors (Lipinski definition) is 4. The van der Waals surface area contributed by atoms with Crippen molar-refractivity contribution in [2.24, 2.45) is 0 Å². The predicted molar refractivity (Wildman–Crippen MR) is 124 cm³/mol. The Balaban J connectivity index is 1.52. The average Bonchev–Trinajstić information content (AvgIpc) is 3.68. The molecule has 0 aliphatic heterocycles. The van der Waals surface area contributed by atoms with Gasteiger partial charge in [0.1, 0.15) is 5.75 Å². The molecular weight excluding hydrogens is 424 g/mol. The van der Waals surface area contributed by atoms with E-state index in [0.29, 0.717) is 17.8 Å². The van der Waals surface area contributed by atoms with Gasteiger partial charge in [-0.2, -0.15) is 0 Å². The Morgan fingerprint density at radius 2 is 1.56 bits per heavy atom. The fraction of sp³-hybridized carbons (Fsp3) is 0.240. The van der Waals surface area contributed by atoms with Gasteiger partial charge in [-0.3, -0.25) is 9.10 Å². The number of sulfonamides is 1. The maximum atomic E-state index is 13.2. The van der Waals surface area contributed by atoms with Gasteiger partial charge in [-0.05, 0) is 66.9 Å². The first-order valence-electron chi connectivity index (χ1n) is 10.5. The van der Waals surface area contributed by atoms with E-state index in [9.17, 15) is 13.2 Å². The molecule has 1 aliphatic carbocycles. The molecule has 0 radical (unpaired) electrons. The second-order valence-corrected chi connectivity index (χ2v) is 9.81.